The van der Waals surface area contributed by atoms with E-state index in [1.165, 1.54) is 24.9 Å². The van der Waals surface area contributed by atoms with Crippen molar-refractivity contribution in [3.63, 3.8) is 0 Å². The molecule has 1 aliphatic heterocycles. The van der Waals surface area contributed by atoms with Gasteiger partial charge in [0.15, 0.2) is 5.82 Å². The van der Waals surface area contributed by atoms with Crippen molar-refractivity contribution < 1.29 is 0 Å². The maximum atomic E-state index is 4.96. The molecule has 26 heavy (non-hydrogen) atoms. The summed E-state index contributed by atoms with van der Waals surface area (Å²) in [6.07, 6.45) is 6.83. The zero-order chi connectivity index (χ0) is 17.8. The summed E-state index contributed by atoms with van der Waals surface area (Å²) in [7, 11) is 2.20. The molecule has 0 aliphatic carbocycles. The van der Waals surface area contributed by atoms with E-state index in [-0.39, 0.29) is 0 Å². The highest BCUT2D eigenvalue weighted by Gasteiger charge is 2.25. The summed E-state index contributed by atoms with van der Waals surface area (Å²) in [5, 5.41) is 4.86. The lowest BCUT2D eigenvalue weighted by Gasteiger charge is -2.29. The van der Waals surface area contributed by atoms with Gasteiger partial charge in [0.25, 0.3) is 0 Å². The van der Waals surface area contributed by atoms with Gasteiger partial charge >= 0.3 is 0 Å². The lowest BCUT2D eigenvalue weighted by atomic mass is 9.97. The van der Waals surface area contributed by atoms with Crippen molar-refractivity contribution in [1.82, 2.24) is 24.6 Å². The molecular weight excluding hydrogens is 322 g/mol. The molecule has 1 saturated heterocycles. The molecule has 134 valence electrons. The third-order valence-corrected chi connectivity index (χ3v) is 4.99. The number of hydrogen-bond donors (Lipinski definition) is 0. The van der Waals surface area contributed by atoms with Gasteiger partial charge < -0.3 is 4.90 Å². The molecule has 3 heterocycles. The van der Waals surface area contributed by atoms with E-state index in [4.69, 9.17) is 10.1 Å². The first kappa shape index (κ1) is 16.9. The molecule has 3 aromatic rings. The Kier molecular flexibility index (Phi) is 5.07. The molecule has 1 atom stereocenters. The topological polar surface area (TPSA) is 46.8 Å². The van der Waals surface area contributed by atoms with Gasteiger partial charge in [0.2, 0.25) is 0 Å². The maximum Gasteiger partial charge on any atom is 0.155 e. The van der Waals surface area contributed by atoms with Crippen molar-refractivity contribution in [1.29, 1.82) is 0 Å². The fourth-order valence-electron chi connectivity index (χ4n) is 3.71. The molecule has 5 heteroatoms. The van der Waals surface area contributed by atoms with E-state index in [1.807, 2.05) is 12.3 Å². The van der Waals surface area contributed by atoms with Crippen molar-refractivity contribution in [3.8, 4) is 0 Å². The van der Waals surface area contributed by atoms with Crippen molar-refractivity contribution in [2.75, 3.05) is 20.1 Å². The second-order valence-electron chi connectivity index (χ2n) is 7.17. The van der Waals surface area contributed by atoms with Crippen LogP contribution in [0.15, 0.2) is 54.9 Å². The van der Waals surface area contributed by atoms with Crippen LogP contribution in [0.1, 0.15) is 41.5 Å². The molecule has 1 fully saturated rings. The van der Waals surface area contributed by atoms with E-state index in [2.05, 4.69) is 58.0 Å². The van der Waals surface area contributed by atoms with Gasteiger partial charge in [0.05, 0.1) is 6.54 Å². The molecule has 5 nitrogen and oxygen atoms in total. The second kappa shape index (κ2) is 7.79. The van der Waals surface area contributed by atoms with E-state index in [9.17, 15) is 0 Å². The first-order valence-electron chi connectivity index (χ1n) is 9.33. The Labute approximate surface area is 154 Å². The summed E-state index contributed by atoms with van der Waals surface area (Å²) in [6, 6.07) is 14.6. The van der Waals surface area contributed by atoms with E-state index < -0.39 is 0 Å². The first-order valence-corrected chi connectivity index (χ1v) is 9.33. The number of piperidine rings is 1. The molecule has 1 aliphatic rings. The molecule has 0 amide bonds. The zero-order valence-electron chi connectivity index (χ0n) is 15.3. The van der Waals surface area contributed by atoms with Crippen LogP contribution in [0.3, 0.4) is 0 Å². The Hall–Kier alpha value is -2.53. The van der Waals surface area contributed by atoms with Crippen LogP contribution in [0.25, 0.3) is 0 Å². The average Bonchev–Trinajstić information content (AvgIpc) is 3.05. The van der Waals surface area contributed by atoms with Crippen molar-refractivity contribution >= 4 is 0 Å². The first-order chi connectivity index (χ1) is 12.8. The number of likely N-dealkylation sites (tertiary alicyclic amines) is 1. The van der Waals surface area contributed by atoms with Crippen LogP contribution in [0, 0.1) is 0 Å². The van der Waals surface area contributed by atoms with Gasteiger partial charge in [-0.25, -0.2) is 9.67 Å². The maximum absolute atomic E-state index is 4.96. The smallest absolute Gasteiger partial charge is 0.155 e. The van der Waals surface area contributed by atoms with Crippen LogP contribution >= 0.6 is 0 Å². The Morgan fingerprint density at radius 1 is 1.08 bits per heavy atom. The van der Waals surface area contributed by atoms with Gasteiger partial charge in [0, 0.05) is 31.3 Å². The predicted octanol–water partition coefficient (Wildman–Crippen LogP) is 3.12. The predicted molar refractivity (Wildman–Crippen MR) is 102 cm³/mol. The third kappa shape index (κ3) is 3.99. The van der Waals surface area contributed by atoms with Gasteiger partial charge in [0.1, 0.15) is 5.82 Å². The van der Waals surface area contributed by atoms with Crippen molar-refractivity contribution in [2.24, 2.45) is 0 Å². The number of aromatic nitrogens is 4. The lowest BCUT2D eigenvalue weighted by Crippen LogP contribution is -2.32. The fraction of sp³-hybridized carbons (Fsp3) is 0.381. The van der Waals surface area contributed by atoms with Gasteiger partial charge in [-0.2, -0.15) is 5.10 Å². The zero-order valence-corrected chi connectivity index (χ0v) is 15.3. The Morgan fingerprint density at radius 2 is 1.92 bits per heavy atom. The van der Waals surface area contributed by atoms with E-state index in [0.717, 1.165) is 36.7 Å². The second-order valence-corrected chi connectivity index (χ2v) is 7.17. The quantitative estimate of drug-likeness (QED) is 0.711. The van der Waals surface area contributed by atoms with E-state index in [1.54, 1.807) is 6.20 Å². The molecule has 0 radical (unpaired) electrons. The molecule has 0 saturated carbocycles. The van der Waals surface area contributed by atoms with Crippen LogP contribution in [-0.2, 0) is 13.0 Å². The Morgan fingerprint density at radius 3 is 2.69 bits per heavy atom. The van der Waals surface area contributed by atoms with Crippen LogP contribution in [0.5, 0.6) is 0 Å². The number of benzene rings is 1. The monoisotopic (exact) mass is 347 g/mol. The van der Waals surface area contributed by atoms with Gasteiger partial charge in [-0.1, -0.05) is 36.4 Å². The number of nitrogens with zero attached hydrogens (tertiary/aromatic N) is 5. The molecule has 2 aromatic heterocycles. The minimum absolute atomic E-state index is 0.451. The molecule has 4 rings (SSSR count). The van der Waals surface area contributed by atoms with E-state index >= 15 is 0 Å². The standard InChI is InChI=1S/C21H25N5/c1-25-12-6-10-19(16-25)21-23-20(13-18-9-5-11-22-14-18)24-26(21)15-17-7-3-2-4-8-17/h2-5,7-9,11,14,19H,6,10,12-13,15-16H2,1H3. The summed E-state index contributed by atoms with van der Waals surface area (Å²) in [5.41, 5.74) is 2.41. The van der Waals surface area contributed by atoms with Gasteiger partial charge in [-0.3, -0.25) is 4.98 Å². The third-order valence-electron chi connectivity index (χ3n) is 4.99. The summed E-state index contributed by atoms with van der Waals surface area (Å²) >= 11 is 0. The van der Waals surface area contributed by atoms with Crippen LogP contribution in [0.4, 0.5) is 0 Å². The molecular formula is C21H25N5. The molecule has 0 spiro atoms. The Balaban J connectivity index is 1.63. The molecule has 0 N–H and O–H groups in total. The summed E-state index contributed by atoms with van der Waals surface area (Å²) in [4.78, 5) is 11.6. The fourth-order valence-corrected chi connectivity index (χ4v) is 3.71. The molecule has 1 aromatic carbocycles. The highest BCUT2D eigenvalue weighted by Crippen LogP contribution is 2.26. The summed E-state index contributed by atoms with van der Waals surface area (Å²) in [5.74, 6) is 2.46. The normalized spacial score (nSPS) is 18.1. The molecule has 1 unspecified atom stereocenters. The van der Waals surface area contributed by atoms with Crippen LogP contribution in [-0.4, -0.2) is 44.8 Å². The molecule has 0 bridgehead atoms. The number of likely N-dealkylation sites (N-methyl/N-ethyl adjacent to an activating group) is 1. The van der Waals surface area contributed by atoms with Gasteiger partial charge in [-0.15, -0.1) is 0 Å². The summed E-state index contributed by atoms with van der Waals surface area (Å²) < 4.78 is 2.12. The number of rotatable bonds is 5. The highest BCUT2D eigenvalue weighted by atomic mass is 15.4. The highest BCUT2D eigenvalue weighted by molar-refractivity contribution is 5.18. The summed E-state index contributed by atoms with van der Waals surface area (Å²) in [6.45, 7) is 3.00. The van der Waals surface area contributed by atoms with E-state index in [0.29, 0.717) is 5.92 Å². The number of pyridine rings is 1. The minimum Gasteiger partial charge on any atom is -0.306 e. The van der Waals surface area contributed by atoms with Crippen LogP contribution in [0.2, 0.25) is 0 Å². The van der Waals surface area contributed by atoms with Crippen molar-refractivity contribution in [3.05, 3.63) is 77.6 Å². The minimum atomic E-state index is 0.451. The van der Waals surface area contributed by atoms with Crippen molar-refractivity contribution in [2.45, 2.75) is 31.7 Å². The van der Waals surface area contributed by atoms with Gasteiger partial charge in [-0.05, 0) is 43.6 Å². The largest absolute Gasteiger partial charge is 0.306 e. The number of hydrogen-bond acceptors (Lipinski definition) is 4. The lowest BCUT2D eigenvalue weighted by molar-refractivity contribution is 0.242. The Bertz CT molecular complexity index is 828. The van der Waals surface area contributed by atoms with Crippen LogP contribution < -0.4 is 0 Å². The average molecular weight is 347 g/mol. The SMILES string of the molecule is CN1CCCC(c2nc(Cc3cccnc3)nn2Cc2ccccc2)C1.